The van der Waals surface area contributed by atoms with Crippen LogP contribution in [0.2, 0.25) is 0 Å². The second-order valence-electron chi connectivity index (χ2n) is 5.34. The highest BCUT2D eigenvalue weighted by molar-refractivity contribution is 7.89. The Morgan fingerprint density at radius 3 is 2.55 bits per heavy atom. The largest absolute Gasteiger partial charge is 0.248 e. The fourth-order valence-corrected chi connectivity index (χ4v) is 4.46. The van der Waals surface area contributed by atoms with E-state index in [1.807, 2.05) is 38.3 Å². The summed E-state index contributed by atoms with van der Waals surface area (Å²) >= 11 is 1.44. The molecule has 108 valence electrons. The summed E-state index contributed by atoms with van der Waals surface area (Å²) in [6.45, 7) is 7.30. The molecule has 2 rings (SSSR count). The molecule has 0 spiro atoms. The Kier molecular flexibility index (Phi) is 4.00. The van der Waals surface area contributed by atoms with Gasteiger partial charge >= 0.3 is 0 Å². The third kappa shape index (κ3) is 3.08. The van der Waals surface area contributed by atoms with Gasteiger partial charge in [-0.1, -0.05) is 12.1 Å². The van der Waals surface area contributed by atoms with E-state index in [2.05, 4.69) is 9.71 Å². The molecule has 4 nitrogen and oxygen atoms in total. The summed E-state index contributed by atoms with van der Waals surface area (Å²) in [6, 6.07) is 5.41. The summed E-state index contributed by atoms with van der Waals surface area (Å²) in [5, 5.41) is 2.58. The number of thiazole rings is 1. The number of hydrogen-bond acceptors (Lipinski definition) is 4. The van der Waals surface area contributed by atoms with Gasteiger partial charge < -0.3 is 0 Å². The molecule has 0 saturated carbocycles. The fraction of sp³-hybridized carbons (Fsp3) is 0.357. The van der Waals surface area contributed by atoms with Gasteiger partial charge in [-0.15, -0.1) is 11.3 Å². The molecule has 1 heterocycles. The van der Waals surface area contributed by atoms with Crippen LogP contribution in [-0.4, -0.2) is 13.4 Å². The molecule has 0 radical (unpaired) electrons. The zero-order valence-electron chi connectivity index (χ0n) is 12.0. The average Bonchev–Trinajstić information content (AvgIpc) is 2.85. The highest BCUT2D eigenvalue weighted by Crippen LogP contribution is 2.26. The van der Waals surface area contributed by atoms with Crippen LogP contribution >= 0.6 is 11.3 Å². The molecule has 0 aliphatic carbocycles. The third-order valence-electron chi connectivity index (χ3n) is 2.99. The summed E-state index contributed by atoms with van der Waals surface area (Å²) in [4.78, 5) is 4.52. The number of hydrogen-bond donors (Lipinski definition) is 1. The van der Waals surface area contributed by atoms with E-state index in [0.717, 1.165) is 16.1 Å². The lowest BCUT2D eigenvalue weighted by Gasteiger charge is -2.24. The second-order valence-corrected chi connectivity index (χ2v) is 7.88. The molecule has 0 amide bonds. The van der Waals surface area contributed by atoms with Crippen LogP contribution < -0.4 is 4.72 Å². The molecular formula is C14H18N2O2S2. The Morgan fingerprint density at radius 2 is 1.95 bits per heavy atom. The Bertz CT molecular complexity index is 705. The van der Waals surface area contributed by atoms with Crippen molar-refractivity contribution in [1.29, 1.82) is 0 Å². The quantitative estimate of drug-likeness (QED) is 0.944. The van der Waals surface area contributed by atoms with Crippen LogP contribution in [0.5, 0.6) is 0 Å². The number of nitrogens with zero attached hydrogens (tertiary/aromatic N) is 1. The van der Waals surface area contributed by atoms with Gasteiger partial charge in [0.25, 0.3) is 0 Å². The van der Waals surface area contributed by atoms with E-state index < -0.39 is 15.6 Å². The van der Waals surface area contributed by atoms with E-state index in [4.69, 9.17) is 0 Å². The van der Waals surface area contributed by atoms with Gasteiger partial charge in [-0.3, -0.25) is 0 Å². The minimum absolute atomic E-state index is 0.321. The zero-order valence-corrected chi connectivity index (χ0v) is 13.6. The van der Waals surface area contributed by atoms with Crippen LogP contribution in [0.25, 0.3) is 0 Å². The minimum atomic E-state index is -3.58. The van der Waals surface area contributed by atoms with Gasteiger partial charge in [0.2, 0.25) is 10.0 Å². The maximum atomic E-state index is 12.6. The maximum Gasteiger partial charge on any atom is 0.241 e. The molecule has 0 aliphatic rings. The Hall–Kier alpha value is -1.24. The van der Waals surface area contributed by atoms with Crippen molar-refractivity contribution in [3.8, 4) is 0 Å². The summed E-state index contributed by atoms with van der Waals surface area (Å²) < 4.78 is 27.9. The summed E-state index contributed by atoms with van der Waals surface area (Å²) in [7, 11) is -3.58. The fourth-order valence-electron chi connectivity index (χ4n) is 1.96. The SMILES string of the molecule is Cc1ccc(C)c(S(=O)(=O)NC(C)(C)c2nccs2)c1. The lowest BCUT2D eigenvalue weighted by molar-refractivity contribution is 0.469. The number of rotatable bonds is 4. The van der Waals surface area contributed by atoms with Gasteiger partial charge in [0, 0.05) is 11.6 Å². The molecule has 1 aromatic carbocycles. The van der Waals surface area contributed by atoms with E-state index in [-0.39, 0.29) is 0 Å². The Morgan fingerprint density at radius 1 is 1.25 bits per heavy atom. The standard InChI is InChI=1S/C14H18N2O2S2/c1-10-5-6-11(2)12(9-10)20(17,18)16-14(3,4)13-15-7-8-19-13/h5-9,16H,1-4H3. The molecule has 1 N–H and O–H groups in total. The molecule has 20 heavy (non-hydrogen) atoms. The first-order valence-electron chi connectivity index (χ1n) is 6.23. The normalized spacial score (nSPS) is 12.6. The molecule has 2 aromatic rings. The van der Waals surface area contributed by atoms with Gasteiger partial charge in [-0.25, -0.2) is 13.4 Å². The van der Waals surface area contributed by atoms with Gasteiger partial charge in [-0.05, 0) is 44.9 Å². The van der Waals surface area contributed by atoms with Crippen LogP contribution in [0.15, 0.2) is 34.7 Å². The number of nitrogens with one attached hydrogen (secondary N) is 1. The van der Waals surface area contributed by atoms with Crippen molar-refractivity contribution in [2.24, 2.45) is 0 Å². The number of aryl methyl sites for hydroxylation is 2. The molecule has 0 atom stereocenters. The van der Waals surface area contributed by atoms with Crippen molar-refractivity contribution in [3.63, 3.8) is 0 Å². The Balaban J connectivity index is 2.39. The molecule has 0 saturated heterocycles. The number of sulfonamides is 1. The maximum absolute atomic E-state index is 12.6. The summed E-state index contributed by atoms with van der Waals surface area (Å²) in [5.41, 5.74) is 0.921. The number of aromatic nitrogens is 1. The topological polar surface area (TPSA) is 59.1 Å². The number of benzene rings is 1. The van der Waals surface area contributed by atoms with E-state index in [0.29, 0.717) is 4.90 Å². The molecule has 1 aromatic heterocycles. The van der Waals surface area contributed by atoms with E-state index in [1.165, 1.54) is 11.3 Å². The molecule has 0 unspecified atom stereocenters. The van der Waals surface area contributed by atoms with Gasteiger partial charge in [0.15, 0.2) is 0 Å². The first-order chi connectivity index (χ1) is 9.22. The van der Waals surface area contributed by atoms with Crippen LogP contribution in [-0.2, 0) is 15.6 Å². The first kappa shape index (κ1) is 15.2. The van der Waals surface area contributed by atoms with Crippen molar-refractivity contribution in [2.75, 3.05) is 0 Å². The van der Waals surface area contributed by atoms with Gasteiger partial charge in [0.05, 0.1) is 10.4 Å². The van der Waals surface area contributed by atoms with Crippen molar-refractivity contribution >= 4 is 21.4 Å². The van der Waals surface area contributed by atoms with Crippen LogP contribution in [0.4, 0.5) is 0 Å². The van der Waals surface area contributed by atoms with Crippen molar-refractivity contribution < 1.29 is 8.42 Å². The smallest absolute Gasteiger partial charge is 0.241 e. The summed E-state index contributed by atoms with van der Waals surface area (Å²) in [5.74, 6) is 0. The summed E-state index contributed by atoms with van der Waals surface area (Å²) in [6.07, 6.45) is 1.67. The highest BCUT2D eigenvalue weighted by atomic mass is 32.2. The third-order valence-corrected chi connectivity index (χ3v) is 5.88. The van der Waals surface area contributed by atoms with Crippen molar-refractivity contribution in [1.82, 2.24) is 9.71 Å². The Labute approximate surface area is 123 Å². The molecule has 0 aliphatic heterocycles. The van der Waals surface area contributed by atoms with Crippen LogP contribution in [0.3, 0.4) is 0 Å². The van der Waals surface area contributed by atoms with Crippen molar-refractivity contribution in [3.05, 3.63) is 45.9 Å². The van der Waals surface area contributed by atoms with Gasteiger partial charge in [0.1, 0.15) is 5.01 Å². The van der Waals surface area contributed by atoms with Gasteiger partial charge in [-0.2, -0.15) is 4.72 Å². The predicted molar refractivity (Wildman–Crippen MR) is 81.4 cm³/mol. The zero-order chi connectivity index (χ0) is 15.0. The first-order valence-corrected chi connectivity index (χ1v) is 8.60. The lowest BCUT2D eigenvalue weighted by Crippen LogP contribution is -2.41. The lowest BCUT2D eigenvalue weighted by atomic mass is 10.1. The monoisotopic (exact) mass is 310 g/mol. The van der Waals surface area contributed by atoms with Crippen LogP contribution in [0.1, 0.15) is 30.0 Å². The van der Waals surface area contributed by atoms with Crippen LogP contribution in [0, 0.1) is 13.8 Å². The molecular weight excluding hydrogens is 292 g/mol. The van der Waals surface area contributed by atoms with E-state index in [9.17, 15) is 8.42 Å². The second kappa shape index (κ2) is 5.27. The van der Waals surface area contributed by atoms with E-state index >= 15 is 0 Å². The highest BCUT2D eigenvalue weighted by Gasteiger charge is 2.30. The average molecular weight is 310 g/mol. The molecule has 0 bridgehead atoms. The molecule has 0 fully saturated rings. The molecule has 6 heteroatoms. The van der Waals surface area contributed by atoms with E-state index in [1.54, 1.807) is 19.2 Å². The minimum Gasteiger partial charge on any atom is -0.248 e. The predicted octanol–water partition coefficient (Wildman–Crippen LogP) is 2.97. The van der Waals surface area contributed by atoms with Crippen molar-refractivity contribution in [2.45, 2.75) is 38.1 Å².